The molecule has 108 valence electrons. The highest BCUT2D eigenvalue weighted by Crippen LogP contribution is 2.23. The summed E-state index contributed by atoms with van der Waals surface area (Å²) < 4.78 is 6.02. The van der Waals surface area contributed by atoms with Crippen molar-refractivity contribution in [2.75, 3.05) is 0 Å². The molecule has 0 aliphatic heterocycles. The minimum absolute atomic E-state index is 0.120. The number of hydrogen-bond donors (Lipinski definition) is 1. The van der Waals surface area contributed by atoms with Crippen LogP contribution in [-0.2, 0) is 0 Å². The van der Waals surface area contributed by atoms with Gasteiger partial charge in [-0.25, -0.2) is 0 Å². The first-order valence-electron chi connectivity index (χ1n) is 7.64. The van der Waals surface area contributed by atoms with Crippen molar-refractivity contribution < 1.29 is 4.74 Å². The van der Waals surface area contributed by atoms with Gasteiger partial charge in [0.2, 0.25) is 0 Å². The summed E-state index contributed by atoms with van der Waals surface area (Å²) in [6.45, 7) is 8.76. The summed E-state index contributed by atoms with van der Waals surface area (Å²) in [5.41, 5.74) is 7.54. The zero-order chi connectivity index (χ0) is 14.3. The molecule has 1 rings (SSSR count). The third-order valence-electron chi connectivity index (χ3n) is 3.85. The Hall–Kier alpha value is -1.02. The number of hydrogen-bond acceptors (Lipinski definition) is 2. The molecular formula is C17H29NO. The highest BCUT2D eigenvalue weighted by atomic mass is 16.5. The molecule has 0 saturated heterocycles. The maximum absolute atomic E-state index is 6.16. The second-order valence-electron chi connectivity index (χ2n) is 5.40. The van der Waals surface area contributed by atoms with E-state index >= 15 is 0 Å². The molecule has 1 aromatic rings. The van der Waals surface area contributed by atoms with Crippen LogP contribution < -0.4 is 10.5 Å². The van der Waals surface area contributed by atoms with Gasteiger partial charge in [-0.3, -0.25) is 0 Å². The molecule has 0 bridgehead atoms. The zero-order valence-electron chi connectivity index (χ0n) is 12.9. The molecule has 0 aliphatic carbocycles. The Kier molecular flexibility index (Phi) is 6.93. The number of nitrogens with two attached hydrogens (primary N) is 1. The second-order valence-corrected chi connectivity index (χ2v) is 5.40. The van der Waals surface area contributed by atoms with E-state index in [0.29, 0.717) is 5.92 Å². The quantitative estimate of drug-likeness (QED) is 0.750. The van der Waals surface area contributed by atoms with E-state index in [1.54, 1.807) is 0 Å². The van der Waals surface area contributed by atoms with Crippen LogP contribution in [0.1, 0.15) is 64.9 Å². The van der Waals surface area contributed by atoms with Crippen LogP contribution in [0.25, 0.3) is 0 Å². The van der Waals surface area contributed by atoms with Gasteiger partial charge in [0.05, 0.1) is 0 Å². The molecule has 0 heterocycles. The molecule has 19 heavy (non-hydrogen) atoms. The van der Waals surface area contributed by atoms with E-state index in [4.69, 9.17) is 10.5 Å². The summed E-state index contributed by atoms with van der Waals surface area (Å²) in [4.78, 5) is 0. The summed E-state index contributed by atoms with van der Waals surface area (Å²) in [6.07, 6.45) is 4.36. The summed E-state index contributed by atoms with van der Waals surface area (Å²) in [5.74, 6) is 1.55. The summed E-state index contributed by atoms with van der Waals surface area (Å²) in [7, 11) is 0. The number of benzene rings is 1. The molecule has 0 aromatic heterocycles. The van der Waals surface area contributed by atoms with E-state index in [0.717, 1.165) is 25.0 Å². The van der Waals surface area contributed by atoms with Crippen LogP contribution >= 0.6 is 0 Å². The van der Waals surface area contributed by atoms with Crippen LogP contribution in [0.3, 0.4) is 0 Å². The maximum Gasteiger partial charge on any atom is 0.119 e. The molecule has 2 nitrogen and oxygen atoms in total. The fourth-order valence-electron chi connectivity index (χ4n) is 2.28. The van der Waals surface area contributed by atoms with Crippen molar-refractivity contribution in [3.63, 3.8) is 0 Å². The molecule has 3 atom stereocenters. The normalized spacial score (nSPS) is 15.8. The van der Waals surface area contributed by atoms with Crippen molar-refractivity contribution >= 4 is 0 Å². The average Bonchev–Trinajstić information content (AvgIpc) is 2.44. The predicted molar refractivity (Wildman–Crippen MR) is 82.7 cm³/mol. The van der Waals surface area contributed by atoms with Crippen LogP contribution in [0.15, 0.2) is 24.3 Å². The Labute approximate surface area is 118 Å². The van der Waals surface area contributed by atoms with Gasteiger partial charge in [0.1, 0.15) is 11.9 Å². The summed E-state index contributed by atoms with van der Waals surface area (Å²) >= 11 is 0. The molecule has 0 fully saturated rings. The molecule has 0 radical (unpaired) electrons. The van der Waals surface area contributed by atoms with Gasteiger partial charge in [0.25, 0.3) is 0 Å². The first kappa shape index (κ1) is 16.0. The van der Waals surface area contributed by atoms with Crippen LogP contribution in [0, 0.1) is 0 Å². The largest absolute Gasteiger partial charge is 0.489 e. The fourth-order valence-corrected chi connectivity index (χ4v) is 2.28. The van der Waals surface area contributed by atoms with Crippen LogP contribution in [0.4, 0.5) is 0 Å². The van der Waals surface area contributed by atoms with Gasteiger partial charge >= 0.3 is 0 Å². The lowest BCUT2D eigenvalue weighted by atomic mass is 9.99. The lowest BCUT2D eigenvalue weighted by Crippen LogP contribution is -2.38. The lowest BCUT2D eigenvalue weighted by Gasteiger charge is -2.24. The Bertz CT molecular complexity index is 347. The molecule has 0 amide bonds. The van der Waals surface area contributed by atoms with Crippen molar-refractivity contribution in [2.24, 2.45) is 5.73 Å². The van der Waals surface area contributed by atoms with Gasteiger partial charge in [0.15, 0.2) is 0 Å². The lowest BCUT2D eigenvalue weighted by molar-refractivity contribution is 0.161. The Morgan fingerprint density at radius 1 is 1.05 bits per heavy atom. The molecule has 0 aliphatic rings. The van der Waals surface area contributed by atoms with Crippen LogP contribution in [0.5, 0.6) is 5.75 Å². The summed E-state index contributed by atoms with van der Waals surface area (Å²) in [6, 6.07) is 8.61. The SMILES string of the molecule is CCCC(N)C(CC)Oc1ccc(C(C)CC)cc1. The highest BCUT2D eigenvalue weighted by molar-refractivity contribution is 5.29. The molecule has 0 saturated carbocycles. The smallest absolute Gasteiger partial charge is 0.119 e. The fraction of sp³-hybridized carbons (Fsp3) is 0.647. The molecule has 2 N–H and O–H groups in total. The van der Waals surface area contributed by atoms with E-state index < -0.39 is 0 Å². The van der Waals surface area contributed by atoms with Crippen molar-refractivity contribution in [3.05, 3.63) is 29.8 Å². The molecule has 3 unspecified atom stereocenters. The minimum atomic E-state index is 0.120. The van der Waals surface area contributed by atoms with Gasteiger partial charge in [-0.2, -0.15) is 0 Å². The third kappa shape index (κ3) is 4.87. The average molecular weight is 263 g/mol. The first-order chi connectivity index (χ1) is 9.12. The van der Waals surface area contributed by atoms with E-state index in [9.17, 15) is 0 Å². The van der Waals surface area contributed by atoms with Crippen molar-refractivity contribution in [2.45, 2.75) is 71.4 Å². The van der Waals surface area contributed by atoms with Gasteiger partial charge < -0.3 is 10.5 Å². The van der Waals surface area contributed by atoms with Crippen molar-refractivity contribution in [1.82, 2.24) is 0 Å². The van der Waals surface area contributed by atoms with Gasteiger partial charge in [0, 0.05) is 6.04 Å². The highest BCUT2D eigenvalue weighted by Gasteiger charge is 2.16. The number of ether oxygens (including phenoxy) is 1. The van der Waals surface area contributed by atoms with E-state index in [1.165, 1.54) is 12.0 Å². The monoisotopic (exact) mass is 263 g/mol. The van der Waals surface area contributed by atoms with Gasteiger partial charge in [-0.15, -0.1) is 0 Å². The third-order valence-corrected chi connectivity index (χ3v) is 3.85. The van der Waals surface area contributed by atoms with Crippen molar-refractivity contribution in [1.29, 1.82) is 0 Å². The molecule has 2 heteroatoms. The zero-order valence-corrected chi connectivity index (χ0v) is 12.9. The van der Waals surface area contributed by atoms with Crippen LogP contribution in [-0.4, -0.2) is 12.1 Å². The first-order valence-corrected chi connectivity index (χ1v) is 7.64. The minimum Gasteiger partial charge on any atom is -0.489 e. The second kappa shape index (κ2) is 8.21. The molecular weight excluding hydrogens is 234 g/mol. The van der Waals surface area contributed by atoms with Gasteiger partial charge in [-0.1, -0.05) is 46.2 Å². The predicted octanol–water partition coefficient (Wildman–Crippen LogP) is 4.48. The molecule has 1 aromatic carbocycles. The summed E-state index contributed by atoms with van der Waals surface area (Å²) in [5, 5.41) is 0. The van der Waals surface area contributed by atoms with Crippen LogP contribution in [0.2, 0.25) is 0 Å². The topological polar surface area (TPSA) is 35.2 Å². The van der Waals surface area contributed by atoms with Gasteiger partial charge in [-0.05, 0) is 42.9 Å². The van der Waals surface area contributed by atoms with Crippen molar-refractivity contribution in [3.8, 4) is 5.75 Å². The molecule has 0 spiro atoms. The Morgan fingerprint density at radius 3 is 2.16 bits per heavy atom. The maximum atomic E-state index is 6.16. The Balaban J connectivity index is 2.65. The van der Waals surface area contributed by atoms with E-state index in [-0.39, 0.29) is 12.1 Å². The standard InChI is InChI=1S/C17H29NO/c1-5-8-16(18)17(7-3)19-15-11-9-14(10-12-15)13(4)6-2/h9-13,16-17H,5-8,18H2,1-4H3. The van der Waals surface area contributed by atoms with E-state index in [2.05, 4.69) is 52.0 Å². The Morgan fingerprint density at radius 2 is 1.68 bits per heavy atom. The number of rotatable bonds is 8. The van der Waals surface area contributed by atoms with E-state index in [1.807, 2.05) is 0 Å².